The van der Waals surface area contributed by atoms with Crippen molar-refractivity contribution < 1.29 is 9.18 Å². The molecule has 0 saturated carbocycles. The van der Waals surface area contributed by atoms with Crippen LogP contribution in [0.5, 0.6) is 0 Å². The molecule has 110 valence electrons. The summed E-state index contributed by atoms with van der Waals surface area (Å²) in [7, 11) is 0. The van der Waals surface area contributed by atoms with Crippen molar-refractivity contribution in [2.75, 3.05) is 13.1 Å². The van der Waals surface area contributed by atoms with E-state index in [9.17, 15) is 9.18 Å². The van der Waals surface area contributed by atoms with E-state index in [1.54, 1.807) is 13.0 Å². The molecule has 0 spiro atoms. The van der Waals surface area contributed by atoms with Crippen molar-refractivity contribution in [1.29, 1.82) is 0 Å². The Labute approximate surface area is 120 Å². The van der Waals surface area contributed by atoms with Crippen LogP contribution in [-0.2, 0) is 11.3 Å². The van der Waals surface area contributed by atoms with Crippen LogP contribution in [0.25, 0.3) is 0 Å². The predicted octanol–water partition coefficient (Wildman–Crippen LogP) is 2.53. The van der Waals surface area contributed by atoms with Crippen LogP contribution in [-0.4, -0.2) is 19.0 Å². The molecule has 1 aromatic carbocycles. The zero-order valence-electron chi connectivity index (χ0n) is 12.3. The summed E-state index contributed by atoms with van der Waals surface area (Å²) in [5.41, 5.74) is 1.15. The van der Waals surface area contributed by atoms with Crippen molar-refractivity contribution in [1.82, 2.24) is 10.6 Å². The molecule has 1 atom stereocenters. The SMILES string of the molecule is CCCC1(C(=O)NCc2ccc(C)c(F)c2)CCNC1. The van der Waals surface area contributed by atoms with E-state index in [1.165, 1.54) is 6.07 Å². The second kappa shape index (κ2) is 6.35. The second-order valence-corrected chi connectivity index (χ2v) is 5.72. The van der Waals surface area contributed by atoms with Gasteiger partial charge in [-0.25, -0.2) is 4.39 Å². The second-order valence-electron chi connectivity index (χ2n) is 5.72. The highest BCUT2D eigenvalue weighted by Gasteiger charge is 2.39. The van der Waals surface area contributed by atoms with Crippen LogP contribution in [0, 0.1) is 18.2 Å². The molecule has 1 unspecified atom stereocenters. The Bertz CT molecular complexity index is 481. The fraction of sp³-hybridized carbons (Fsp3) is 0.562. The molecule has 0 bridgehead atoms. The van der Waals surface area contributed by atoms with E-state index in [4.69, 9.17) is 0 Å². The Hall–Kier alpha value is -1.42. The molecule has 1 aliphatic rings. The molecule has 1 fully saturated rings. The number of amides is 1. The Morgan fingerprint density at radius 3 is 2.90 bits per heavy atom. The van der Waals surface area contributed by atoms with Crippen LogP contribution in [0.2, 0.25) is 0 Å². The maximum absolute atomic E-state index is 13.5. The quantitative estimate of drug-likeness (QED) is 0.869. The Morgan fingerprint density at radius 1 is 1.50 bits per heavy atom. The van der Waals surface area contributed by atoms with Gasteiger partial charge in [-0.3, -0.25) is 4.79 Å². The Balaban J connectivity index is 1.98. The number of carbonyl (C=O) groups is 1. The first-order chi connectivity index (χ1) is 9.57. The normalized spacial score (nSPS) is 21.9. The number of carbonyl (C=O) groups excluding carboxylic acids is 1. The number of hydrogen-bond donors (Lipinski definition) is 2. The maximum Gasteiger partial charge on any atom is 0.227 e. The van der Waals surface area contributed by atoms with Crippen LogP contribution in [0.4, 0.5) is 4.39 Å². The molecule has 0 radical (unpaired) electrons. The van der Waals surface area contributed by atoms with Crippen LogP contribution < -0.4 is 10.6 Å². The summed E-state index contributed by atoms with van der Waals surface area (Å²) in [5.74, 6) is -0.132. The molecule has 2 N–H and O–H groups in total. The van der Waals surface area contributed by atoms with E-state index in [0.29, 0.717) is 12.1 Å². The highest BCUT2D eigenvalue weighted by molar-refractivity contribution is 5.83. The number of halogens is 1. The lowest BCUT2D eigenvalue weighted by molar-refractivity contribution is -0.130. The lowest BCUT2D eigenvalue weighted by Crippen LogP contribution is -2.42. The van der Waals surface area contributed by atoms with E-state index < -0.39 is 0 Å². The third-order valence-electron chi connectivity index (χ3n) is 4.14. The molecular weight excluding hydrogens is 255 g/mol. The van der Waals surface area contributed by atoms with Crippen LogP contribution in [0.3, 0.4) is 0 Å². The number of benzene rings is 1. The highest BCUT2D eigenvalue weighted by Crippen LogP contribution is 2.31. The zero-order valence-corrected chi connectivity index (χ0v) is 12.3. The predicted molar refractivity (Wildman–Crippen MR) is 77.8 cm³/mol. The molecule has 1 aliphatic heterocycles. The van der Waals surface area contributed by atoms with E-state index in [1.807, 2.05) is 6.07 Å². The third kappa shape index (κ3) is 3.18. The average Bonchev–Trinajstić information content (AvgIpc) is 2.90. The van der Waals surface area contributed by atoms with Crippen molar-refractivity contribution >= 4 is 5.91 Å². The summed E-state index contributed by atoms with van der Waals surface area (Å²) in [6.07, 6.45) is 2.78. The largest absolute Gasteiger partial charge is 0.352 e. The molecule has 1 aromatic rings. The molecule has 0 aliphatic carbocycles. The molecule has 3 nitrogen and oxygen atoms in total. The monoisotopic (exact) mass is 278 g/mol. The first-order valence-electron chi connectivity index (χ1n) is 7.31. The van der Waals surface area contributed by atoms with Crippen LogP contribution >= 0.6 is 0 Å². The van der Waals surface area contributed by atoms with Crippen LogP contribution in [0.15, 0.2) is 18.2 Å². The summed E-state index contributed by atoms with van der Waals surface area (Å²) in [5, 5.41) is 6.24. The van der Waals surface area contributed by atoms with Crippen molar-refractivity contribution in [3.63, 3.8) is 0 Å². The zero-order chi connectivity index (χ0) is 14.6. The fourth-order valence-corrected chi connectivity index (χ4v) is 2.86. The van der Waals surface area contributed by atoms with Gasteiger partial charge >= 0.3 is 0 Å². The summed E-state index contributed by atoms with van der Waals surface area (Å²) >= 11 is 0. The molecule has 1 amide bonds. The first-order valence-corrected chi connectivity index (χ1v) is 7.31. The Morgan fingerprint density at radius 2 is 2.30 bits per heavy atom. The molecule has 1 saturated heterocycles. The van der Waals surface area contributed by atoms with Crippen LogP contribution in [0.1, 0.15) is 37.3 Å². The van der Waals surface area contributed by atoms with Crippen molar-refractivity contribution in [2.45, 2.75) is 39.7 Å². The van der Waals surface area contributed by atoms with Crippen molar-refractivity contribution in [3.05, 3.63) is 35.1 Å². The molecule has 20 heavy (non-hydrogen) atoms. The standard InChI is InChI=1S/C16H23FN2O/c1-3-6-16(7-8-18-11-16)15(20)19-10-13-5-4-12(2)14(17)9-13/h4-5,9,18H,3,6-8,10-11H2,1-2H3,(H,19,20). The molecular formula is C16H23FN2O. The van der Waals surface area contributed by atoms with Gasteiger partial charge in [-0.2, -0.15) is 0 Å². The lowest BCUT2D eigenvalue weighted by atomic mass is 9.81. The lowest BCUT2D eigenvalue weighted by Gasteiger charge is -2.26. The van der Waals surface area contributed by atoms with E-state index >= 15 is 0 Å². The van der Waals surface area contributed by atoms with Gasteiger partial charge in [0.25, 0.3) is 0 Å². The third-order valence-corrected chi connectivity index (χ3v) is 4.14. The van der Waals surface area contributed by atoms with Gasteiger partial charge in [0.1, 0.15) is 5.82 Å². The van der Waals surface area contributed by atoms with Crippen molar-refractivity contribution in [2.24, 2.45) is 5.41 Å². The summed E-state index contributed by atoms with van der Waals surface area (Å²) in [4.78, 5) is 12.4. The van der Waals surface area contributed by atoms with Gasteiger partial charge in [0, 0.05) is 13.1 Å². The smallest absolute Gasteiger partial charge is 0.227 e. The van der Waals surface area contributed by atoms with Gasteiger partial charge < -0.3 is 10.6 Å². The maximum atomic E-state index is 13.5. The van der Waals surface area contributed by atoms with Gasteiger partial charge in [-0.1, -0.05) is 25.5 Å². The number of hydrogen-bond acceptors (Lipinski definition) is 2. The van der Waals surface area contributed by atoms with Gasteiger partial charge in [0.2, 0.25) is 5.91 Å². The summed E-state index contributed by atoms with van der Waals surface area (Å²) in [6.45, 7) is 5.86. The van der Waals surface area contributed by atoms with Gasteiger partial charge in [0.05, 0.1) is 5.41 Å². The van der Waals surface area contributed by atoms with Crippen molar-refractivity contribution in [3.8, 4) is 0 Å². The topological polar surface area (TPSA) is 41.1 Å². The molecule has 4 heteroatoms. The Kier molecular flexibility index (Phi) is 4.76. The fourth-order valence-electron chi connectivity index (χ4n) is 2.86. The number of rotatable bonds is 5. The minimum atomic E-state index is -0.280. The minimum Gasteiger partial charge on any atom is -0.352 e. The first kappa shape index (κ1) is 15.0. The number of aryl methyl sites for hydroxylation is 1. The average molecular weight is 278 g/mol. The van der Waals surface area contributed by atoms with Gasteiger partial charge in [-0.15, -0.1) is 0 Å². The molecule has 2 rings (SSSR count). The number of nitrogens with one attached hydrogen (secondary N) is 2. The van der Waals surface area contributed by atoms with E-state index in [0.717, 1.165) is 37.9 Å². The van der Waals surface area contributed by atoms with Gasteiger partial charge in [-0.05, 0) is 43.5 Å². The van der Waals surface area contributed by atoms with E-state index in [2.05, 4.69) is 17.6 Å². The minimum absolute atomic E-state index is 0.0883. The summed E-state index contributed by atoms with van der Waals surface area (Å²) in [6, 6.07) is 5.10. The molecule has 1 heterocycles. The summed E-state index contributed by atoms with van der Waals surface area (Å²) < 4.78 is 13.5. The highest BCUT2D eigenvalue weighted by atomic mass is 19.1. The van der Waals surface area contributed by atoms with Gasteiger partial charge in [0.15, 0.2) is 0 Å². The van der Waals surface area contributed by atoms with E-state index in [-0.39, 0.29) is 17.1 Å². The molecule has 0 aromatic heterocycles.